The average molecular weight is 247 g/mol. The van der Waals surface area contributed by atoms with Gasteiger partial charge in [0.2, 0.25) is 0 Å². The van der Waals surface area contributed by atoms with Crippen molar-refractivity contribution >= 4 is 0 Å². The third-order valence-corrected chi connectivity index (χ3v) is 4.12. The van der Waals surface area contributed by atoms with Crippen molar-refractivity contribution in [1.82, 2.24) is 5.32 Å². The van der Waals surface area contributed by atoms with Gasteiger partial charge in [-0.05, 0) is 43.5 Å². The molecule has 100 valence electrons. The summed E-state index contributed by atoms with van der Waals surface area (Å²) >= 11 is 0. The lowest BCUT2D eigenvalue weighted by atomic mass is 9.94. The van der Waals surface area contributed by atoms with Crippen molar-refractivity contribution in [2.24, 2.45) is 5.92 Å². The Labute approximate surface area is 111 Å². The van der Waals surface area contributed by atoms with Gasteiger partial charge in [0.15, 0.2) is 0 Å². The minimum absolute atomic E-state index is 0.597. The minimum atomic E-state index is 0.597. The van der Waals surface area contributed by atoms with E-state index in [0.29, 0.717) is 6.04 Å². The lowest BCUT2D eigenvalue weighted by Crippen LogP contribution is -2.29. The van der Waals surface area contributed by atoms with E-state index in [-0.39, 0.29) is 0 Å². The fourth-order valence-corrected chi connectivity index (χ4v) is 3.04. The number of methoxy groups -OCH3 is 1. The van der Waals surface area contributed by atoms with Crippen LogP contribution in [0.15, 0.2) is 24.3 Å². The molecular formula is C16H25NO. The quantitative estimate of drug-likeness (QED) is 0.832. The van der Waals surface area contributed by atoms with Gasteiger partial charge in [-0.25, -0.2) is 0 Å². The van der Waals surface area contributed by atoms with Gasteiger partial charge in [0.05, 0.1) is 7.11 Å². The van der Waals surface area contributed by atoms with Gasteiger partial charge < -0.3 is 10.1 Å². The molecule has 1 aliphatic carbocycles. The molecule has 0 aromatic heterocycles. The van der Waals surface area contributed by atoms with Crippen LogP contribution in [0.4, 0.5) is 0 Å². The van der Waals surface area contributed by atoms with Crippen LogP contribution in [0.1, 0.15) is 37.7 Å². The largest absolute Gasteiger partial charge is 0.497 e. The molecule has 0 heterocycles. The highest BCUT2D eigenvalue weighted by atomic mass is 16.5. The first kappa shape index (κ1) is 13.4. The molecule has 0 saturated heterocycles. The second kappa shape index (κ2) is 6.79. The Bertz CT molecular complexity index is 358. The molecule has 2 nitrogen and oxygen atoms in total. The third kappa shape index (κ3) is 3.74. The molecule has 1 N–H and O–H groups in total. The van der Waals surface area contributed by atoms with Gasteiger partial charge in [-0.3, -0.25) is 0 Å². The molecule has 2 heteroatoms. The molecule has 0 amide bonds. The van der Waals surface area contributed by atoms with Crippen molar-refractivity contribution in [3.05, 3.63) is 29.8 Å². The van der Waals surface area contributed by atoms with Crippen molar-refractivity contribution < 1.29 is 4.74 Å². The highest BCUT2D eigenvalue weighted by Crippen LogP contribution is 2.29. The SMILES string of the molecule is CNC(Cc1cccc(OC)c1)CC1CCCC1. The molecule has 0 aliphatic heterocycles. The molecule has 0 radical (unpaired) electrons. The van der Waals surface area contributed by atoms with E-state index in [2.05, 4.69) is 30.6 Å². The first-order chi connectivity index (χ1) is 8.81. The molecule has 1 aromatic rings. The molecule has 1 saturated carbocycles. The molecule has 18 heavy (non-hydrogen) atoms. The summed E-state index contributed by atoms with van der Waals surface area (Å²) in [4.78, 5) is 0. The summed E-state index contributed by atoms with van der Waals surface area (Å²) in [5.41, 5.74) is 1.37. The Morgan fingerprint density at radius 1 is 1.33 bits per heavy atom. The number of ether oxygens (including phenoxy) is 1. The lowest BCUT2D eigenvalue weighted by Gasteiger charge is -2.20. The van der Waals surface area contributed by atoms with E-state index in [9.17, 15) is 0 Å². The standard InChI is InChI=1S/C16H25NO/c1-17-15(10-13-6-3-4-7-13)11-14-8-5-9-16(12-14)18-2/h5,8-9,12-13,15,17H,3-4,6-7,10-11H2,1-2H3. The molecule has 1 aliphatic rings. The van der Waals surface area contributed by atoms with Crippen LogP contribution in [0.2, 0.25) is 0 Å². The first-order valence-electron chi connectivity index (χ1n) is 7.12. The summed E-state index contributed by atoms with van der Waals surface area (Å²) in [7, 11) is 3.81. The number of rotatable bonds is 6. The normalized spacial score (nSPS) is 17.9. The van der Waals surface area contributed by atoms with Crippen LogP contribution < -0.4 is 10.1 Å². The van der Waals surface area contributed by atoms with Gasteiger partial charge in [-0.1, -0.05) is 37.8 Å². The van der Waals surface area contributed by atoms with Crippen molar-refractivity contribution in [3.8, 4) is 5.75 Å². The molecule has 1 unspecified atom stereocenters. The molecular weight excluding hydrogens is 222 g/mol. The Morgan fingerprint density at radius 3 is 2.78 bits per heavy atom. The van der Waals surface area contributed by atoms with E-state index in [0.717, 1.165) is 18.1 Å². The van der Waals surface area contributed by atoms with E-state index in [1.54, 1.807) is 7.11 Å². The summed E-state index contributed by atoms with van der Waals surface area (Å²) in [5, 5.41) is 3.47. The van der Waals surface area contributed by atoms with E-state index < -0.39 is 0 Å². The number of hydrogen-bond acceptors (Lipinski definition) is 2. The van der Waals surface area contributed by atoms with Gasteiger partial charge in [-0.15, -0.1) is 0 Å². The number of benzene rings is 1. The fraction of sp³-hybridized carbons (Fsp3) is 0.625. The summed E-state index contributed by atoms with van der Waals surface area (Å²) in [6.45, 7) is 0. The molecule has 1 fully saturated rings. The predicted octanol–water partition coefficient (Wildman–Crippen LogP) is 3.41. The zero-order chi connectivity index (χ0) is 12.8. The van der Waals surface area contributed by atoms with Crippen LogP contribution in [0, 0.1) is 5.92 Å². The molecule has 0 spiro atoms. The van der Waals surface area contributed by atoms with Crippen LogP contribution in [0.5, 0.6) is 5.75 Å². The van der Waals surface area contributed by atoms with Crippen molar-refractivity contribution in [2.75, 3.05) is 14.2 Å². The van der Waals surface area contributed by atoms with E-state index in [4.69, 9.17) is 4.74 Å². The third-order valence-electron chi connectivity index (χ3n) is 4.12. The van der Waals surface area contributed by atoms with E-state index in [1.165, 1.54) is 37.7 Å². The minimum Gasteiger partial charge on any atom is -0.497 e. The molecule has 1 aromatic carbocycles. The maximum atomic E-state index is 5.28. The first-order valence-corrected chi connectivity index (χ1v) is 7.12. The maximum absolute atomic E-state index is 5.28. The highest BCUT2D eigenvalue weighted by molar-refractivity contribution is 5.28. The fourth-order valence-electron chi connectivity index (χ4n) is 3.04. The Kier molecular flexibility index (Phi) is 5.06. The van der Waals surface area contributed by atoms with Crippen molar-refractivity contribution in [3.63, 3.8) is 0 Å². The van der Waals surface area contributed by atoms with Gasteiger partial charge in [0, 0.05) is 6.04 Å². The predicted molar refractivity (Wildman–Crippen MR) is 76.1 cm³/mol. The second-order valence-electron chi connectivity index (χ2n) is 5.43. The van der Waals surface area contributed by atoms with E-state index >= 15 is 0 Å². The second-order valence-corrected chi connectivity index (χ2v) is 5.43. The van der Waals surface area contributed by atoms with Crippen LogP contribution in [-0.4, -0.2) is 20.2 Å². The van der Waals surface area contributed by atoms with Gasteiger partial charge in [0.1, 0.15) is 5.75 Å². The van der Waals surface area contributed by atoms with Crippen LogP contribution in [-0.2, 0) is 6.42 Å². The summed E-state index contributed by atoms with van der Waals surface area (Å²) in [6.07, 6.45) is 8.13. The summed E-state index contributed by atoms with van der Waals surface area (Å²) in [5.74, 6) is 1.90. The lowest BCUT2D eigenvalue weighted by molar-refractivity contribution is 0.399. The Hall–Kier alpha value is -1.02. The van der Waals surface area contributed by atoms with E-state index in [1.807, 2.05) is 6.07 Å². The Morgan fingerprint density at radius 2 is 2.11 bits per heavy atom. The van der Waals surface area contributed by atoms with Crippen LogP contribution >= 0.6 is 0 Å². The van der Waals surface area contributed by atoms with Crippen molar-refractivity contribution in [1.29, 1.82) is 0 Å². The Balaban J connectivity index is 1.91. The van der Waals surface area contributed by atoms with Gasteiger partial charge in [0.25, 0.3) is 0 Å². The highest BCUT2D eigenvalue weighted by Gasteiger charge is 2.19. The average Bonchev–Trinajstić information content (AvgIpc) is 2.91. The van der Waals surface area contributed by atoms with Crippen LogP contribution in [0.25, 0.3) is 0 Å². The molecule has 2 rings (SSSR count). The maximum Gasteiger partial charge on any atom is 0.119 e. The smallest absolute Gasteiger partial charge is 0.119 e. The monoisotopic (exact) mass is 247 g/mol. The molecule has 1 atom stereocenters. The number of likely N-dealkylation sites (N-methyl/N-ethyl adjacent to an activating group) is 1. The zero-order valence-electron chi connectivity index (χ0n) is 11.6. The number of hydrogen-bond donors (Lipinski definition) is 1. The topological polar surface area (TPSA) is 21.3 Å². The summed E-state index contributed by atoms with van der Waals surface area (Å²) in [6, 6.07) is 9.03. The van der Waals surface area contributed by atoms with Gasteiger partial charge in [-0.2, -0.15) is 0 Å². The summed E-state index contributed by atoms with van der Waals surface area (Å²) < 4.78 is 5.28. The van der Waals surface area contributed by atoms with Crippen LogP contribution in [0.3, 0.4) is 0 Å². The number of nitrogens with one attached hydrogen (secondary N) is 1. The van der Waals surface area contributed by atoms with Gasteiger partial charge >= 0.3 is 0 Å². The van der Waals surface area contributed by atoms with Crippen molar-refractivity contribution in [2.45, 2.75) is 44.6 Å². The molecule has 0 bridgehead atoms. The zero-order valence-corrected chi connectivity index (χ0v) is 11.6.